The Labute approximate surface area is 185 Å². The highest BCUT2D eigenvalue weighted by atomic mass is 32.1. The van der Waals surface area contributed by atoms with E-state index < -0.39 is 0 Å². The number of piperidine rings is 1. The number of anilines is 3. The van der Waals surface area contributed by atoms with Gasteiger partial charge in [0.05, 0.1) is 23.1 Å². The lowest BCUT2D eigenvalue weighted by Crippen LogP contribution is -2.43. The maximum atomic E-state index is 12.3. The van der Waals surface area contributed by atoms with Crippen molar-refractivity contribution < 1.29 is 9.90 Å². The fraction of sp³-hybridized carbons (Fsp3) is 0.364. The normalized spacial score (nSPS) is 16.2. The number of hydrogen-bond acceptors (Lipinski definition) is 8. The van der Waals surface area contributed by atoms with Crippen LogP contribution in [0.1, 0.15) is 18.4 Å². The molecule has 1 aliphatic rings. The van der Waals surface area contributed by atoms with Crippen molar-refractivity contribution in [3.05, 3.63) is 48.3 Å². The Morgan fingerprint density at radius 3 is 3.03 bits per heavy atom. The van der Waals surface area contributed by atoms with E-state index in [9.17, 15) is 4.79 Å². The molecular weight excluding hydrogens is 412 g/mol. The van der Waals surface area contributed by atoms with Crippen LogP contribution in [0.2, 0.25) is 0 Å². The molecule has 0 bridgehead atoms. The number of pyridine rings is 2. The third kappa shape index (κ3) is 5.36. The minimum Gasteiger partial charge on any atom is -0.395 e. The van der Waals surface area contributed by atoms with Gasteiger partial charge in [0.2, 0.25) is 5.91 Å². The first-order valence-corrected chi connectivity index (χ1v) is 11.2. The van der Waals surface area contributed by atoms with E-state index in [2.05, 4.69) is 25.5 Å². The second kappa shape index (κ2) is 9.84. The van der Waals surface area contributed by atoms with Crippen molar-refractivity contribution >= 4 is 34.0 Å². The van der Waals surface area contributed by atoms with Gasteiger partial charge >= 0.3 is 0 Å². The predicted molar refractivity (Wildman–Crippen MR) is 123 cm³/mol. The fourth-order valence-corrected chi connectivity index (χ4v) is 4.52. The van der Waals surface area contributed by atoms with Crippen LogP contribution in [0, 0.1) is 12.8 Å². The van der Waals surface area contributed by atoms with Gasteiger partial charge in [-0.15, -0.1) is 0 Å². The summed E-state index contributed by atoms with van der Waals surface area (Å²) in [5.41, 5.74) is 1.97. The molecule has 31 heavy (non-hydrogen) atoms. The maximum absolute atomic E-state index is 12.3. The first-order chi connectivity index (χ1) is 15.1. The SMILES string of the molecule is Cc1ccnc(Nc2cccc(-c3cnc(N4CCCC(C(=O)NCCO)C4)s3)n2)c1. The molecule has 3 aromatic heterocycles. The van der Waals surface area contributed by atoms with E-state index >= 15 is 0 Å². The molecular formula is C22H26N6O2S. The van der Waals surface area contributed by atoms with E-state index in [0.717, 1.165) is 52.3 Å². The summed E-state index contributed by atoms with van der Waals surface area (Å²) in [5.74, 6) is 1.40. The Balaban J connectivity index is 1.45. The third-order valence-corrected chi connectivity index (χ3v) is 6.22. The molecule has 1 saturated heterocycles. The van der Waals surface area contributed by atoms with Gasteiger partial charge in [0.1, 0.15) is 11.6 Å². The minimum absolute atomic E-state index is 0.000676. The third-order valence-electron chi connectivity index (χ3n) is 5.14. The molecule has 0 spiro atoms. The number of thiazole rings is 1. The number of carbonyl (C=O) groups is 1. The largest absolute Gasteiger partial charge is 0.395 e. The van der Waals surface area contributed by atoms with Gasteiger partial charge in [-0.3, -0.25) is 4.79 Å². The first-order valence-electron chi connectivity index (χ1n) is 10.4. The van der Waals surface area contributed by atoms with Gasteiger partial charge < -0.3 is 20.6 Å². The van der Waals surface area contributed by atoms with Crippen molar-refractivity contribution in [3.63, 3.8) is 0 Å². The van der Waals surface area contributed by atoms with Crippen molar-refractivity contribution in [1.82, 2.24) is 20.3 Å². The summed E-state index contributed by atoms with van der Waals surface area (Å²) in [6.07, 6.45) is 5.40. The van der Waals surface area contributed by atoms with E-state index in [0.29, 0.717) is 13.1 Å². The molecule has 1 unspecified atom stereocenters. The van der Waals surface area contributed by atoms with Crippen LogP contribution in [0.15, 0.2) is 42.7 Å². The summed E-state index contributed by atoms with van der Waals surface area (Å²) >= 11 is 1.58. The lowest BCUT2D eigenvalue weighted by atomic mass is 9.97. The topological polar surface area (TPSA) is 103 Å². The Morgan fingerprint density at radius 1 is 1.29 bits per heavy atom. The standard InChI is InChI=1S/C22H26N6O2S/c1-15-7-8-23-20(12-15)27-19-6-2-5-17(26-19)18-13-25-22(31-18)28-10-3-4-16(14-28)21(30)24-9-11-29/h2,5-8,12-13,16,29H,3-4,9-11,14H2,1H3,(H,24,30)(H,23,26,27). The Morgan fingerprint density at radius 2 is 2.19 bits per heavy atom. The van der Waals surface area contributed by atoms with Crippen LogP contribution in [0.5, 0.6) is 0 Å². The summed E-state index contributed by atoms with van der Waals surface area (Å²) < 4.78 is 0. The summed E-state index contributed by atoms with van der Waals surface area (Å²) in [6, 6.07) is 9.77. The van der Waals surface area contributed by atoms with Gasteiger partial charge in [-0.05, 0) is 49.6 Å². The van der Waals surface area contributed by atoms with E-state index in [1.807, 2.05) is 43.5 Å². The smallest absolute Gasteiger partial charge is 0.224 e. The molecule has 1 atom stereocenters. The second-order valence-corrected chi connectivity index (χ2v) is 8.57. The fourth-order valence-electron chi connectivity index (χ4n) is 3.60. The van der Waals surface area contributed by atoms with Crippen LogP contribution < -0.4 is 15.5 Å². The zero-order chi connectivity index (χ0) is 21.6. The molecule has 4 heterocycles. The molecule has 162 valence electrons. The van der Waals surface area contributed by atoms with Crippen molar-refractivity contribution in [3.8, 4) is 10.6 Å². The van der Waals surface area contributed by atoms with E-state index in [4.69, 9.17) is 10.1 Å². The molecule has 4 rings (SSSR count). The predicted octanol–water partition coefficient (Wildman–Crippen LogP) is 2.98. The number of carbonyl (C=O) groups excluding carboxylic acids is 1. The van der Waals surface area contributed by atoms with Crippen LogP contribution in [-0.4, -0.2) is 52.2 Å². The van der Waals surface area contributed by atoms with E-state index in [1.165, 1.54) is 0 Å². The highest BCUT2D eigenvalue weighted by molar-refractivity contribution is 7.18. The number of hydrogen-bond donors (Lipinski definition) is 3. The van der Waals surface area contributed by atoms with Crippen molar-refractivity contribution in [2.24, 2.45) is 5.92 Å². The van der Waals surface area contributed by atoms with Crippen molar-refractivity contribution in [2.75, 3.05) is 36.5 Å². The number of amides is 1. The van der Waals surface area contributed by atoms with E-state index in [1.54, 1.807) is 17.5 Å². The number of aryl methyl sites for hydroxylation is 1. The summed E-state index contributed by atoms with van der Waals surface area (Å²) in [5, 5.41) is 15.8. The molecule has 3 N–H and O–H groups in total. The Bertz CT molecular complexity index is 1040. The molecule has 0 aliphatic carbocycles. The molecule has 3 aromatic rings. The molecule has 0 saturated carbocycles. The molecule has 1 aliphatic heterocycles. The quantitative estimate of drug-likeness (QED) is 0.521. The lowest BCUT2D eigenvalue weighted by molar-refractivity contribution is -0.125. The Kier molecular flexibility index (Phi) is 6.73. The maximum Gasteiger partial charge on any atom is 0.224 e. The van der Waals surface area contributed by atoms with Crippen LogP contribution in [-0.2, 0) is 4.79 Å². The highest BCUT2D eigenvalue weighted by Crippen LogP contribution is 2.33. The number of aliphatic hydroxyl groups excluding tert-OH is 1. The molecule has 8 nitrogen and oxygen atoms in total. The monoisotopic (exact) mass is 438 g/mol. The zero-order valence-electron chi connectivity index (χ0n) is 17.4. The Hall–Kier alpha value is -3.04. The first kappa shape index (κ1) is 21.2. The number of aliphatic hydroxyl groups is 1. The van der Waals surface area contributed by atoms with Gasteiger partial charge in [-0.25, -0.2) is 15.0 Å². The minimum atomic E-state index is -0.0832. The average Bonchev–Trinajstić information content (AvgIpc) is 3.28. The number of nitrogens with zero attached hydrogens (tertiary/aromatic N) is 4. The summed E-state index contributed by atoms with van der Waals surface area (Å²) in [6.45, 7) is 3.80. The molecule has 0 radical (unpaired) electrons. The van der Waals surface area contributed by atoms with Gasteiger partial charge in [0, 0.05) is 32.0 Å². The lowest BCUT2D eigenvalue weighted by Gasteiger charge is -2.31. The summed E-state index contributed by atoms with van der Waals surface area (Å²) in [4.78, 5) is 29.1. The van der Waals surface area contributed by atoms with Crippen molar-refractivity contribution in [2.45, 2.75) is 19.8 Å². The highest BCUT2D eigenvalue weighted by Gasteiger charge is 2.27. The van der Waals surface area contributed by atoms with Gasteiger partial charge in [0.15, 0.2) is 5.13 Å². The van der Waals surface area contributed by atoms with Gasteiger partial charge in [-0.1, -0.05) is 17.4 Å². The van der Waals surface area contributed by atoms with Crippen LogP contribution in [0.4, 0.5) is 16.8 Å². The second-order valence-electron chi connectivity index (χ2n) is 7.56. The number of aromatic nitrogens is 3. The average molecular weight is 439 g/mol. The van der Waals surface area contributed by atoms with Crippen LogP contribution in [0.25, 0.3) is 10.6 Å². The summed E-state index contributed by atoms with van der Waals surface area (Å²) in [7, 11) is 0. The molecule has 0 aromatic carbocycles. The van der Waals surface area contributed by atoms with Gasteiger partial charge in [-0.2, -0.15) is 0 Å². The molecule has 1 fully saturated rings. The molecule has 9 heteroatoms. The number of rotatable bonds is 7. The van der Waals surface area contributed by atoms with Crippen molar-refractivity contribution in [1.29, 1.82) is 0 Å². The van der Waals surface area contributed by atoms with Crippen LogP contribution in [0.3, 0.4) is 0 Å². The molecule has 1 amide bonds. The zero-order valence-corrected chi connectivity index (χ0v) is 18.2. The van der Waals surface area contributed by atoms with Gasteiger partial charge in [0.25, 0.3) is 0 Å². The number of nitrogens with one attached hydrogen (secondary N) is 2. The van der Waals surface area contributed by atoms with Crippen LogP contribution >= 0.6 is 11.3 Å². The van der Waals surface area contributed by atoms with E-state index in [-0.39, 0.29) is 18.4 Å².